The minimum absolute atomic E-state index is 0.0384. The lowest BCUT2D eigenvalue weighted by molar-refractivity contribution is -0.384. The molecule has 50 heavy (non-hydrogen) atoms. The van der Waals surface area contributed by atoms with Crippen LogP contribution in [0.1, 0.15) is 31.2 Å². The van der Waals surface area contributed by atoms with Crippen molar-refractivity contribution in [2.45, 2.75) is 32.0 Å². The van der Waals surface area contributed by atoms with Gasteiger partial charge < -0.3 is 9.84 Å². The average molecular weight is 714 g/mol. The summed E-state index contributed by atoms with van der Waals surface area (Å²) >= 11 is 5.99. The summed E-state index contributed by atoms with van der Waals surface area (Å²) in [4.78, 5) is 69.1. The summed E-state index contributed by atoms with van der Waals surface area (Å²) in [5, 5.41) is 22.2. The number of hydrogen-bond donors (Lipinski definition) is 1. The Morgan fingerprint density at radius 2 is 1.68 bits per heavy atom. The SMILES string of the molecule is CC12C(=O)N(c3ccc(F)c(Cl)c3)C(=O)C1CC1C(=CCC3C(=O)N(c4cccc([N+](=O)[O-])c4)C(=O)C31)C2c1cc(OC(F)(F)F)ccc1O. The summed E-state index contributed by atoms with van der Waals surface area (Å²) in [5.41, 5.74) is -2.10. The van der Waals surface area contributed by atoms with Gasteiger partial charge in [0.2, 0.25) is 23.6 Å². The number of nitrogens with zero attached hydrogens (tertiary/aromatic N) is 3. The highest BCUT2D eigenvalue weighted by atomic mass is 35.5. The maximum atomic E-state index is 14.5. The van der Waals surface area contributed by atoms with Gasteiger partial charge in [0.25, 0.3) is 5.69 Å². The van der Waals surface area contributed by atoms with E-state index in [1.807, 2.05) is 0 Å². The lowest BCUT2D eigenvalue weighted by atomic mass is 9.51. The first kappa shape index (κ1) is 33.2. The molecule has 0 aromatic heterocycles. The van der Waals surface area contributed by atoms with Crippen LogP contribution in [0.2, 0.25) is 5.02 Å². The van der Waals surface area contributed by atoms with E-state index < -0.39 is 87.2 Å². The second-order valence-corrected chi connectivity index (χ2v) is 13.2. The van der Waals surface area contributed by atoms with Crippen LogP contribution in [0.3, 0.4) is 0 Å². The number of nitro benzene ring substituents is 1. The number of ether oxygens (including phenoxy) is 1. The number of carbonyl (C=O) groups excluding carboxylic acids is 4. The Kier molecular flexibility index (Phi) is 7.55. The van der Waals surface area contributed by atoms with Crippen molar-refractivity contribution in [2.24, 2.45) is 29.1 Å². The number of rotatable bonds is 5. The van der Waals surface area contributed by atoms with Crippen LogP contribution in [-0.2, 0) is 19.2 Å². The highest BCUT2D eigenvalue weighted by molar-refractivity contribution is 6.32. The molecule has 3 aromatic rings. The maximum Gasteiger partial charge on any atom is 0.573 e. The Morgan fingerprint density at radius 1 is 0.960 bits per heavy atom. The van der Waals surface area contributed by atoms with Gasteiger partial charge in [0.15, 0.2) is 0 Å². The predicted octanol–water partition coefficient (Wildman–Crippen LogP) is 6.43. The molecule has 0 bridgehead atoms. The third-order valence-corrected chi connectivity index (χ3v) is 10.6. The summed E-state index contributed by atoms with van der Waals surface area (Å²) < 4.78 is 58.2. The summed E-state index contributed by atoms with van der Waals surface area (Å²) in [6, 6.07) is 10.9. The zero-order valence-electron chi connectivity index (χ0n) is 25.7. The van der Waals surface area contributed by atoms with Gasteiger partial charge in [0.1, 0.15) is 17.3 Å². The van der Waals surface area contributed by atoms with Crippen molar-refractivity contribution in [3.63, 3.8) is 0 Å². The average Bonchev–Trinajstić information content (AvgIpc) is 3.42. The molecule has 6 unspecified atom stereocenters. The smallest absolute Gasteiger partial charge is 0.508 e. The van der Waals surface area contributed by atoms with Gasteiger partial charge in [-0.2, -0.15) is 0 Å². The van der Waals surface area contributed by atoms with Gasteiger partial charge in [0, 0.05) is 23.6 Å². The predicted molar refractivity (Wildman–Crippen MR) is 166 cm³/mol. The summed E-state index contributed by atoms with van der Waals surface area (Å²) in [6.07, 6.45) is -3.72. The van der Waals surface area contributed by atoms with Crippen molar-refractivity contribution < 1.29 is 51.5 Å². The monoisotopic (exact) mass is 713 g/mol. The van der Waals surface area contributed by atoms with Gasteiger partial charge in [0.05, 0.1) is 44.5 Å². The summed E-state index contributed by atoms with van der Waals surface area (Å²) in [6.45, 7) is 1.44. The Hall–Kier alpha value is -5.31. The Morgan fingerprint density at radius 3 is 2.36 bits per heavy atom. The number of hydrogen-bond acceptors (Lipinski definition) is 8. The minimum Gasteiger partial charge on any atom is -0.508 e. The molecule has 11 nitrogen and oxygen atoms in total. The van der Waals surface area contributed by atoms with Gasteiger partial charge in [-0.1, -0.05) is 29.3 Å². The van der Waals surface area contributed by atoms with E-state index >= 15 is 0 Å². The first-order valence-electron chi connectivity index (χ1n) is 15.3. The largest absolute Gasteiger partial charge is 0.573 e. The Labute approximate surface area is 284 Å². The van der Waals surface area contributed by atoms with E-state index in [1.165, 1.54) is 31.2 Å². The number of allylic oxidation sites excluding steroid dienone is 2. The van der Waals surface area contributed by atoms with E-state index in [9.17, 15) is 52.0 Å². The molecule has 258 valence electrons. The van der Waals surface area contributed by atoms with E-state index in [-0.39, 0.29) is 40.5 Å². The number of phenols is 1. The molecule has 1 N–H and O–H groups in total. The van der Waals surface area contributed by atoms with Crippen molar-refractivity contribution in [3.05, 3.63) is 98.8 Å². The van der Waals surface area contributed by atoms with E-state index in [0.717, 1.165) is 46.2 Å². The van der Waals surface area contributed by atoms with Gasteiger partial charge in [-0.25, -0.2) is 14.2 Å². The Balaban J connectivity index is 1.38. The fourth-order valence-corrected chi connectivity index (χ4v) is 8.37. The number of anilines is 2. The highest BCUT2D eigenvalue weighted by Gasteiger charge is 2.68. The quantitative estimate of drug-likeness (QED) is 0.105. The number of amides is 4. The van der Waals surface area contributed by atoms with E-state index in [1.54, 1.807) is 6.08 Å². The van der Waals surface area contributed by atoms with Crippen molar-refractivity contribution in [2.75, 3.05) is 9.80 Å². The molecular weight excluding hydrogens is 690 g/mol. The molecule has 0 spiro atoms. The molecule has 2 saturated heterocycles. The molecule has 2 heterocycles. The number of fused-ring (bicyclic) bond motifs is 4. The molecule has 3 aromatic carbocycles. The van der Waals surface area contributed by atoms with Crippen LogP contribution in [0.15, 0.2) is 72.3 Å². The number of nitro groups is 1. The first-order valence-corrected chi connectivity index (χ1v) is 15.6. The van der Waals surface area contributed by atoms with Crippen LogP contribution in [0.5, 0.6) is 11.5 Å². The maximum absolute atomic E-state index is 14.5. The molecular formula is C34H24ClF4N3O8. The number of benzene rings is 3. The Bertz CT molecular complexity index is 2070. The minimum atomic E-state index is -5.11. The molecule has 4 aliphatic rings. The number of phenolic OH excluding ortho intramolecular Hbond substituents is 1. The highest BCUT2D eigenvalue weighted by Crippen LogP contribution is 2.64. The second-order valence-electron chi connectivity index (χ2n) is 12.8. The molecule has 4 amide bonds. The number of carbonyl (C=O) groups is 4. The first-order chi connectivity index (χ1) is 23.5. The van der Waals surface area contributed by atoms with E-state index in [4.69, 9.17) is 11.6 Å². The fraction of sp³-hybridized carbons (Fsp3) is 0.294. The van der Waals surface area contributed by atoms with Crippen molar-refractivity contribution in [3.8, 4) is 11.5 Å². The van der Waals surface area contributed by atoms with Crippen molar-refractivity contribution >= 4 is 52.3 Å². The van der Waals surface area contributed by atoms with Crippen molar-refractivity contribution in [1.82, 2.24) is 0 Å². The van der Waals surface area contributed by atoms with Gasteiger partial charge >= 0.3 is 6.36 Å². The van der Waals surface area contributed by atoms with Crippen LogP contribution in [0, 0.1) is 45.0 Å². The molecule has 7 rings (SSSR count). The fourth-order valence-electron chi connectivity index (χ4n) is 8.19. The zero-order valence-corrected chi connectivity index (χ0v) is 26.4. The molecule has 3 fully saturated rings. The van der Waals surface area contributed by atoms with Crippen LogP contribution in [0.4, 0.5) is 34.6 Å². The number of alkyl halides is 3. The molecule has 16 heteroatoms. The molecule has 0 radical (unpaired) electrons. The standard InChI is InChI=1S/C34H24ClF4N3O8/c1-33-23(30(45)41(32(33)47)16-5-9-25(36)24(35)12-16)14-21-19(28(33)22-13-18(6-10-26(22)43)50-34(37,38)39)7-8-20-27(21)31(46)40(29(20)44)15-3-2-4-17(11-15)42(48)49/h2-7,9-13,20-21,23,27-28,43H,8,14H2,1H3. The van der Waals surface area contributed by atoms with Crippen LogP contribution < -0.4 is 14.5 Å². The van der Waals surface area contributed by atoms with Crippen LogP contribution in [-0.4, -0.2) is 40.0 Å². The number of imide groups is 2. The normalized spacial score (nSPS) is 27.6. The number of halogens is 5. The number of aromatic hydroxyl groups is 1. The molecule has 6 atom stereocenters. The molecule has 1 saturated carbocycles. The van der Waals surface area contributed by atoms with E-state index in [0.29, 0.717) is 5.57 Å². The third kappa shape index (κ3) is 4.93. The third-order valence-electron chi connectivity index (χ3n) is 10.3. The molecule has 2 aliphatic heterocycles. The summed E-state index contributed by atoms with van der Waals surface area (Å²) in [7, 11) is 0. The zero-order chi connectivity index (χ0) is 36.0. The number of non-ortho nitro benzene ring substituents is 1. The molecule has 2 aliphatic carbocycles. The van der Waals surface area contributed by atoms with Crippen LogP contribution in [0.25, 0.3) is 0 Å². The lowest BCUT2D eigenvalue weighted by Crippen LogP contribution is -2.49. The second kappa shape index (κ2) is 11.4. The lowest BCUT2D eigenvalue weighted by Gasteiger charge is -2.49. The van der Waals surface area contributed by atoms with Crippen molar-refractivity contribution in [1.29, 1.82) is 0 Å². The van der Waals surface area contributed by atoms with Crippen LogP contribution >= 0.6 is 11.6 Å². The van der Waals surface area contributed by atoms with Gasteiger partial charge in [-0.15, -0.1) is 13.2 Å². The van der Waals surface area contributed by atoms with Gasteiger partial charge in [-0.05, 0) is 68.1 Å². The topological polar surface area (TPSA) is 147 Å². The summed E-state index contributed by atoms with van der Waals surface area (Å²) in [5.74, 6) is -10.6. The van der Waals surface area contributed by atoms with Gasteiger partial charge in [-0.3, -0.25) is 29.3 Å². The van der Waals surface area contributed by atoms with E-state index in [2.05, 4.69) is 4.74 Å².